The van der Waals surface area contributed by atoms with Crippen molar-refractivity contribution in [3.8, 4) is 5.75 Å². The molecule has 0 fully saturated rings. The molecule has 134 valence electrons. The van der Waals surface area contributed by atoms with Crippen LogP contribution in [0.3, 0.4) is 0 Å². The van der Waals surface area contributed by atoms with Crippen LogP contribution in [0.1, 0.15) is 18.4 Å². The predicted molar refractivity (Wildman–Crippen MR) is 93.3 cm³/mol. The van der Waals surface area contributed by atoms with Crippen LogP contribution in [0.5, 0.6) is 5.75 Å². The third kappa shape index (κ3) is 4.39. The van der Waals surface area contributed by atoms with Crippen molar-refractivity contribution in [1.82, 2.24) is 14.3 Å². The van der Waals surface area contributed by atoms with Gasteiger partial charge in [0.1, 0.15) is 18.2 Å². The number of nitrogens with one attached hydrogen (secondary N) is 1. The van der Waals surface area contributed by atoms with Gasteiger partial charge in [-0.05, 0) is 31.1 Å². The van der Waals surface area contributed by atoms with Gasteiger partial charge < -0.3 is 9.30 Å². The Bertz CT molecular complexity index is 882. The van der Waals surface area contributed by atoms with E-state index in [0.717, 1.165) is 19.0 Å². The average molecular weight is 386 g/mol. The molecule has 0 atom stereocenters. The maximum atomic E-state index is 13.4. The maximum Gasteiger partial charge on any atom is 0.240 e. The molecule has 1 N–H and O–H groups in total. The smallest absolute Gasteiger partial charge is 0.240 e. The zero-order valence-corrected chi connectivity index (χ0v) is 14.9. The van der Waals surface area contributed by atoms with Gasteiger partial charge in [0.2, 0.25) is 10.0 Å². The summed E-state index contributed by atoms with van der Waals surface area (Å²) in [5, 5.41) is 0.121. The molecule has 1 aromatic heterocycles. The van der Waals surface area contributed by atoms with Crippen molar-refractivity contribution in [2.75, 3.05) is 13.2 Å². The topological polar surface area (TPSA) is 73.2 Å². The molecule has 2 aromatic rings. The lowest BCUT2D eigenvalue weighted by Gasteiger charge is -2.19. The number of imidazole rings is 1. The molecule has 25 heavy (non-hydrogen) atoms. The summed E-state index contributed by atoms with van der Waals surface area (Å²) in [5.41, 5.74) is 0.316. The molecule has 3 rings (SSSR count). The Morgan fingerprint density at radius 1 is 1.36 bits per heavy atom. The molecule has 1 aliphatic heterocycles. The number of rotatable bonds is 7. The van der Waals surface area contributed by atoms with E-state index in [0.29, 0.717) is 24.3 Å². The number of nitrogens with zero attached hydrogens (tertiary/aromatic N) is 2. The van der Waals surface area contributed by atoms with Gasteiger partial charge in [-0.25, -0.2) is 22.5 Å². The number of hydrogen-bond acceptors (Lipinski definition) is 4. The Balaban J connectivity index is 1.59. The number of hydrogen-bond donors (Lipinski definition) is 1. The predicted octanol–water partition coefficient (Wildman–Crippen LogP) is 2.81. The van der Waals surface area contributed by atoms with Crippen LogP contribution in [0.2, 0.25) is 5.02 Å². The van der Waals surface area contributed by atoms with E-state index in [-0.39, 0.29) is 16.5 Å². The standard InChI is InChI=1S/C16H17ClFN3O3S/c17-15-9-13(18)7-12-8-14(10-24-16(12)15)25(22,23)20-3-1-2-5-21-6-4-19-11-21/h4,6-9,11,20H,1-3,5,10H2. The molecule has 0 saturated carbocycles. The van der Waals surface area contributed by atoms with Crippen molar-refractivity contribution in [2.45, 2.75) is 19.4 Å². The van der Waals surface area contributed by atoms with Crippen LogP contribution in [0.15, 0.2) is 35.8 Å². The Morgan fingerprint density at radius 2 is 2.20 bits per heavy atom. The highest BCUT2D eigenvalue weighted by molar-refractivity contribution is 7.93. The minimum atomic E-state index is -3.68. The SMILES string of the molecule is O=S(=O)(NCCCCn1ccnc1)C1=Cc2cc(F)cc(Cl)c2OC1. The second-order valence-corrected chi connectivity index (χ2v) is 7.84. The largest absolute Gasteiger partial charge is 0.486 e. The van der Waals surface area contributed by atoms with E-state index in [2.05, 4.69) is 9.71 Å². The molecule has 0 radical (unpaired) electrons. The first kappa shape index (κ1) is 17.9. The van der Waals surface area contributed by atoms with Crippen molar-refractivity contribution in [3.05, 3.63) is 52.2 Å². The molecule has 9 heteroatoms. The van der Waals surface area contributed by atoms with Gasteiger partial charge in [-0.3, -0.25) is 0 Å². The molecule has 0 saturated heterocycles. The van der Waals surface area contributed by atoms with E-state index in [1.165, 1.54) is 12.1 Å². The van der Waals surface area contributed by atoms with E-state index in [9.17, 15) is 12.8 Å². The van der Waals surface area contributed by atoms with Crippen molar-refractivity contribution in [1.29, 1.82) is 0 Å². The van der Waals surface area contributed by atoms with Crippen LogP contribution in [-0.2, 0) is 16.6 Å². The summed E-state index contributed by atoms with van der Waals surface area (Å²) in [5.74, 6) is -0.253. The summed E-state index contributed by atoms with van der Waals surface area (Å²) in [4.78, 5) is 4.00. The van der Waals surface area contributed by atoms with Crippen LogP contribution in [-0.4, -0.2) is 31.1 Å². The highest BCUT2D eigenvalue weighted by Gasteiger charge is 2.24. The lowest BCUT2D eigenvalue weighted by Crippen LogP contribution is -2.29. The van der Waals surface area contributed by atoms with E-state index < -0.39 is 15.8 Å². The summed E-state index contributed by atoms with van der Waals surface area (Å²) in [6.07, 6.45) is 8.17. The summed E-state index contributed by atoms with van der Waals surface area (Å²) < 4.78 is 48.0. The van der Waals surface area contributed by atoms with Crippen molar-refractivity contribution in [3.63, 3.8) is 0 Å². The van der Waals surface area contributed by atoms with Crippen LogP contribution in [0.4, 0.5) is 4.39 Å². The number of halogens is 2. The second-order valence-electron chi connectivity index (χ2n) is 5.61. The fraction of sp³-hybridized carbons (Fsp3) is 0.312. The van der Waals surface area contributed by atoms with Crippen LogP contribution < -0.4 is 9.46 Å². The van der Waals surface area contributed by atoms with Gasteiger partial charge in [0.25, 0.3) is 0 Å². The quantitative estimate of drug-likeness (QED) is 0.744. The molecular weight excluding hydrogens is 369 g/mol. The number of sulfonamides is 1. The maximum absolute atomic E-state index is 13.4. The monoisotopic (exact) mass is 385 g/mol. The van der Waals surface area contributed by atoms with Gasteiger partial charge in [0.05, 0.1) is 16.3 Å². The molecule has 1 aromatic carbocycles. The molecule has 0 unspecified atom stereocenters. The van der Waals surface area contributed by atoms with E-state index in [1.807, 2.05) is 10.8 Å². The zero-order chi connectivity index (χ0) is 17.9. The van der Waals surface area contributed by atoms with Gasteiger partial charge in [-0.15, -0.1) is 0 Å². The molecule has 2 heterocycles. The number of unbranched alkanes of at least 4 members (excludes halogenated alkanes) is 1. The van der Waals surface area contributed by atoms with Crippen molar-refractivity contribution >= 4 is 27.7 Å². The van der Waals surface area contributed by atoms with E-state index in [4.69, 9.17) is 16.3 Å². The molecular formula is C16H17ClFN3O3S. The van der Waals surface area contributed by atoms with Gasteiger partial charge in [0.15, 0.2) is 0 Å². The van der Waals surface area contributed by atoms with Gasteiger partial charge in [-0.2, -0.15) is 0 Å². The van der Waals surface area contributed by atoms with Gasteiger partial charge >= 0.3 is 0 Å². The van der Waals surface area contributed by atoms with Crippen LogP contribution in [0, 0.1) is 5.82 Å². The van der Waals surface area contributed by atoms with E-state index >= 15 is 0 Å². The minimum Gasteiger partial charge on any atom is -0.486 e. The number of aromatic nitrogens is 2. The second kappa shape index (κ2) is 7.55. The zero-order valence-electron chi connectivity index (χ0n) is 13.3. The first-order valence-corrected chi connectivity index (χ1v) is 9.59. The molecule has 1 aliphatic rings. The van der Waals surface area contributed by atoms with Crippen molar-refractivity contribution in [2.24, 2.45) is 0 Å². The molecule has 0 aliphatic carbocycles. The fourth-order valence-electron chi connectivity index (χ4n) is 2.49. The Kier molecular flexibility index (Phi) is 5.41. The first-order chi connectivity index (χ1) is 12.0. The number of aryl methyl sites for hydroxylation is 1. The molecule has 6 nitrogen and oxygen atoms in total. The average Bonchev–Trinajstić information content (AvgIpc) is 3.07. The highest BCUT2D eigenvalue weighted by atomic mass is 35.5. The molecule has 0 spiro atoms. The number of ether oxygens (including phenoxy) is 1. The lowest BCUT2D eigenvalue weighted by atomic mass is 10.1. The Morgan fingerprint density at radius 3 is 2.96 bits per heavy atom. The summed E-state index contributed by atoms with van der Waals surface area (Å²) in [7, 11) is -3.68. The normalized spacial score (nSPS) is 13.9. The number of benzene rings is 1. The molecule has 0 amide bonds. The van der Waals surface area contributed by atoms with Crippen molar-refractivity contribution < 1.29 is 17.5 Å². The van der Waals surface area contributed by atoms with Gasteiger partial charge in [0, 0.05) is 31.0 Å². The van der Waals surface area contributed by atoms with E-state index in [1.54, 1.807) is 12.5 Å². The third-order valence-corrected chi connectivity index (χ3v) is 5.54. The van der Waals surface area contributed by atoms with Crippen LogP contribution in [0.25, 0.3) is 6.08 Å². The highest BCUT2D eigenvalue weighted by Crippen LogP contribution is 2.35. The Hall–Kier alpha value is -1.90. The van der Waals surface area contributed by atoms with Crippen LogP contribution >= 0.6 is 11.6 Å². The van der Waals surface area contributed by atoms with Gasteiger partial charge in [-0.1, -0.05) is 11.6 Å². The first-order valence-electron chi connectivity index (χ1n) is 7.73. The third-order valence-electron chi connectivity index (χ3n) is 3.75. The molecule has 0 bridgehead atoms. The fourth-order valence-corrected chi connectivity index (χ4v) is 3.85. The minimum absolute atomic E-state index is 0.0521. The number of fused-ring (bicyclic) bond motifs is 1. The Labute approximate surface area is 150 Å². The summed E-state index contributed by atoms with van der Waals surface area (Å²) in [6.45, 7) is 0.951. The summed E-state index contributed by atoms with van der Waals surface area (Å²) in [6, 6.07) is 2.33. The summed E-state index contributed by atoms with van der Waals surface area (Å²) >= 11 is 5.90. The lowest BCUT2D eigenvalue weighted by molar-refractivity contribution is 0.352.